The molecule has 96 valence electrons. The molecular weight excluding hydrogens is 238 g/mol. The van der Waals surface area contributed by atoms with Crippen LogP contribution in [0.2, 0.25) is 0 Å². The van der Waals surface area contributed by atoms with Gasteiger partial charge in [0.15, 0.2) is 11.6 Å². The predicted octanol–water partition coefficient (Wildman–Crippen LogP) is 1.45. The van der Waals surface area contributed by atoms with Gasteiger partial charge >= 0.3 is 0 Å². The molecule has 4 nitrogen and oxygen atoms in total. The maximum absolute atomic E-state index is 13.1. The van der Waals surface area contributed by atoms with Crippen LogP contribution < -0.4 is 11.3 Å². The quantitative estimate of drug-likeness (QED) is 0.639. The molecule has 1 heterocycles. The third kappa shape index (κ3) is 2.55. The summed E-state index contributed by atoms with van der Waals surface area (Å²) < 4.78 is 27.8. The Labute approximate surface area is 103 Å². The molecule has 1 atom stereocenters. The van der Waals surface area contributed by atoms with Gasteiger partial charge in [-0.25, -0.2) is 19.2 Å². The van der Waals surface area contributed by atoms with Gasteiger partial charge in [0.2, 0.25) is 0 Å². The van der Waals surface area contributed by atoms with Crippen LogP contribution in [-0.4, -0.2) is 9.55 Å². The molecule has 0 saturated heterocycles. The fourth-order valence-electron chi connectivity index (χ4n) is 1.84. The molecule has 3 N–H and O–H groups in total. The van der Waals surface area contributed by atoms with Gasteiger partial charge < -0.3 is 4.57 Å². The number of aryl methyl sites for hydroxylation is 1. The first kappa shape index (κ1) is 12.7. The van der Waals surface area contributed by atoms with Crippen LogP contribution in [0.25, 0.3) is 0 Å². The van der Waals surface area contributed by atoms with E-state index in [1.165, 1.54) is 12.1 Å². The van der Waals surface area contributed by atoms with Crippen molar-refractivity contribution in [2.45, 2.75) is 12.5 Å². The first-order valence-corrected chi connectivity index (χ1v) is 5.49. The van der Waals surface area contributed by atoms with Crippen molar-refractivity contribution in [2.24, 2.45) is 12.9 Å². The summed E-state index contributed by atoms with van der Waals surface area (Å²) in [6, 6.07) is 3.56. The maximum Gasteiger partial charge on any atom is 0.159 e. The number of halogens is 2. The van der Waals surface area contributed by atoms with Gasteiger partial charge in [-0.05, 0) is 24.1 Å². The van der Waals surface area contributed by atoms with Crippen LogP contribution in [0, 0.1) is 11.6 Å². The monoisotopic (exact) mass is 252 g/mol. The maximum atomic E-state index is 13.1. The van der Waals surface area contributed by atoms with Crippen LogP contribution in [0.1, 0.15) is 17.4 Å². The normalized spacial score (nSPS) is 12.7. The fraction of sp³-hybridized carbons (Fsp3) is 0.250. The number of nitrogens with one attached hydrogen (secondary N) is 1. The Morgan fingerprint density at radius 2 is 2.17 bits per heavy atom. The molecule has 0 spiro atoms. The minimum atomic E-state index is -0.858. The number of imidazole rings is 1. The first-order valence-electron chi connectivity index (χ1n) is 5.49. The Morgan fingerprint density at radius 1 is 1.39 bits per heavy atom. The highest BCUT2D eigenvalue weighted by Gasteiger charge is 2.15. The lowest BCUT2D eigenvalue weighted by molar-refractivity contribution is 0.492. The van der Waals surface area contributed by atoms with E-state index in [0.29, 0.717) is 12.0 Å². The number of nitrogens with zero attached hydrogens (tertiary/aromatic N) is 2. The molecule has 0 saturated carbocycles. The molecule has 1 unspecified atom stereocenters. The van der Waals surface area contributed by atoms with Gasteiger partial charge in [-0.1, -0.05) is 6.07 Å². The summed E-state index contributed by atoms with van der Waals surface area (Å²) in [6.07, 6.45) is 3.88. The first-order chi connectivity index (χ1) is 8.61. The number of hydrazine groups is 1. The zero-order valence-corrected chi connectivity index (χ0v) is 9.90. The van der Waals surface area contributed by atoms with Crippen molar-refractivity contribution >= 4 is 0 Å². The SMILES string of the molecule is Cn1ccnc1C(Cc1ccc(F)c(F)c1)NN. The Kier molecular flexibility index (Phi) is 3.69. The van der Waals surface area contributed by atoms with Crippen molar-refractivity contribution in [2.75, 3.05) is 0 Å². The number of benzene rings is 1. The van der Waals surface area contributed by atoms with Crippen LogP contribution >= 0.6 is 0 Å². The predicted molar refractivity (Wildman–Crippen MR) is 63.3 cm³/mol. The van der Waals surface area contributed by atoms with E-state index in [0.717, 1.165) is 11.9 Å². The third-order valence-electron chi connectivity index (χ3n) is 2.80. The van der Waals surface area contributed by atoms with E-state index in [9.17, 15) is 8.78 Å². The molecule has 2 rings (SSSR count). The van der Waals surface area contributed by atoms with E-state index in [-0.39, 0.29) is 6.04 Å². The highest BCUT2D eigenvalue weighted by molar-refractivity contribution is 5.20. The molecule has 0 aliphatic carbocycles. The summed E-state index contributed by atoms with van der Waals surface area (Å²) in [5.74, 6) is 4.50. The van der Waals surface area contributed by atoms with Crippen LogP contribution in [0.3, 0.4) is 0 Å². The lowest BCUT2D eigenvalue weighted by Gasteiger charge is -2.15. The van der Waals surface area contributed by atoms with Crippen molar-refractivity contribution in [3.8, 4) is 0 Å². The number of nitrogens with two attached hydrogens (primary N) is 1. The molecule has 0 fully saturated rings. The van der Waals surface area contributed by atoms with Crippen LogP contribution in [0.5, 0.6) is 0 Å². The molecule has 0 radical (unpaired) electrons. The largest absolute Gasteiger partial charge is 0.337 e. The second kappa shape index (κ2) is 5.24. The molecule has 0 bridgehead atoms. The van der Waals surface area contributed by atoms with Crippen molar-refractivity contribution < 1.29 is 8.78 Å². The van der Waals surface area contributed by atoms with Crippen molar-refractivity contribution in [1.82, 2.24) is 15.0 Å². The van der Waals surface area contributed by atoms with Crippen molar-refractivity contribution in [1.29, 1.82) is 0 Å². The van der Waals surface area contributed by atoms with E-state index in [1.807, 2.05) is 11.6 Å². The highest BCUT2D eigenvalue weighted by atomic mass is 19.2. The molecule has 1 aromatic carbocycles. The Balaban J connectivity index is 2.20. The minimum absolute atomic E-state index is 0.255. The topological polar surface area (TPSA) is 55.9 Å². The smallest absolute Gasteiger partial charge is 0.159 e. The zero-order chi connectivity index (χ0) is 13.1. The van der Waals surface area contributed by atoms with E-state index >= 15 is 0 Å². The summed E-state index contributed by atoms with van der Waals surface area (Å²) in [4.78, 5) is 4.18. The summed E-state index contributed by atoms with van der Waals surface area (Å²) in [5.41, 5.74) is 3.28. The molecule has 6 heteroatoms. The number of rotatable bonds is 4. The molecule has 1 aromatic heterocycles. The Morgan fingerprint density at radius 3 is 2.72 bits per heavy atom. The zero-order valence-electron chi connectivity index (χ0n) is 9.90. The van der Waals surface area contributed by atoms with Gasteiger partial charge in [0, 0.05) is 19.4 Å². The minimum Gasteiger partial charge on any atom is -0.337 e. The van der Waals surface area contributed by atoms with Crippen molar-refractivity contribution in [3.63, 3.8) is 0 Å². The summed E-state index contributed by atoms with van der Waals surface area (Å²) in [6.45, 7) is 0. The standard InChI is InChI=1S/C12H14F2N4/c1-18-5-4-16-12(18)11(17-15)7-8-2-3-9(13)10(14)6-8/h2-6,11,17H,7,15H2,1H3. The number of aromatic nitrogens is 2. The van der Waals surface area contributed by atoms with Gasteiger partial charge in [0.1, 0.15) is 5.82 Å². The van der Waals surface area contributed by atoms with Gasteiger partial charge in [-0.3, -0.25) is 5.84 Å². The summed E-state index contributed by atoms with van der Waals surface area (Å²) >= 11 is 0. The molecule has 2 aromatic rings. The second-order valence-corrected chi connectivity index (χ2v) is 4.07. The van der Waals surface area contributed by atoms with E-state index in [1.54, 1.807) is 12.4 Å². The molecule has 18 heavy (non-hydrogen) atoms. The Hall–Kier alpha value is -1.79. The lowest BCUT2D eigenvalue weighted by atomic mass is 10.1. The van der Waals surface area contributed by atoms with E-state index < -0.39 is 11.6 Å². The Bertz CT molecular complexity index is 539. The molecule has 0 aliphatic heterocycles. The molecule has 0 amide bonds. The van der Waals surface area contributed by atoms with Gasteiger partial charge in [0.25, 0.3) is 0 Å². The molecular formula is C12H14F2N4. The van der Waals surface area contributed by atoms with Crippen LogP contribution in [-0.2, 0) is 13.5 Å². The second-order valence-electron chi connectivity index (χ2n) is 4.07. The summed E-state index contributed by atoms with van der Waals surface area (Å²) in [7, 11) is 1.85. The average Bonchev–Trinajstić information content (AvgIpc) is 2.77. The van der Waals surface area contributed by atoms with Crippen LogP contribution in [0.15, 0.2) is 30.6 Å². The van der Waals surface area contributed by atoms with Gasteiger partial charge in [-0.15, -0.1) is 0 Å². The van der Waals surface area contributed by atoms with Gasteiger partial charge in [0.05, 0.1) is 6.04 Å². The lowest BCUT2D eigenvalue weighted by Crippen LogP contribution is -2.31. The third-order valence-corrected chi connectivity index (χ3v) is 2.80. The van der Waals surface area contributed by atoms with E-state index in [4.69, 9.17) is 5.84 Å². The molecule has 0 aliphatic rings. The average molecular weight is 252 g/mol. The fourth-order valence-corrected chi connectivity index (χ4v) is 1.84. The number of hydrogen-bond donors (Lipinski definition) is 2. The number of hydrogen-bond acceptors (Lipinski definition) is 3. The van der Waals surface area contributed by atoms with E-state index in [2.05, 4.69) is 10.4 Å². The summed E-state index contributed by atoms with van der Waals surface area (Å²) in [5, 5.41) is 0. The van der Waals surface area contributed by atoms with Crippen LogP contribution in [0.4, 0.5) is 8.78 Å². The van der Waals surface area contributed by atoms with Crippen molar-refractivity contribution in [3.05, 3.63) is 53.6 Å². The van der Waals surface area contributed by atoms with Gasteiger partial charge in [-0.2, -0.15) is 0 Å². The highest BCUT2D eigenvalue weighted by Crippen LogP contribution is 2.17.